The van der Waals surface area contributed by atoms with Crippen molar-refractivity contribution < 1.29 is 9.47 Å². The predicted octanol–water partition coefficient (Wildman–Crippen LogP) is 4.45. The summed E-state index contributed by atoms with van der Waals surface area (Å²) in [4.78, 5) is 2.12. The highest BCUT2D eigenvalue weighted by molar-refractivity contribution is 7.99. The van der Waals surface area contributed by atoms with E-state index in [1.54, 1.807) is 18.9 Å². The molecule has 0 aliphatic carbocycles. The molecule has 122 valence electrons. The molecule has 0 radical (unpaired) electrons. The molecule has 2 aromatic carbocycles. The van der Waals surface area contributed by atoms with Crippen molar-refractivity contribution in [1.82, 2.24) is 4.90 Å². The van der Waals surface area contributed by atoms with Crippen LogP contribution in [0.15, 0.2) is 48.5 Å². The van der Waals surface area contributed by atoms with Crippen molar-refractivity contribution in [3.8, 4) is 11.5 Å². The van der Waals surface area contributed by atoms with Crippen LogP contribution in [0.2, 0.25) is 0 Å². The van der Waals surface area contributed by atoms with E-state index in [9.17, 15) is 0 Å². The van der Waals surface area contributed by atoms with E-state index in [1.165, 1.54) is 0 Å². The number of benzene rings is 2. The van der Waals surface area contributed by atoms with Crippen LogP contribution in [0.4, 0.5) is 0 Å². The molecule has 0 heterocycles. The van der Waals surface area contributed by atoms with Gasteiger partial charge in [-0.1, -0.05) is 42.5 Å². The van der Waals surface area contributed by atoms with Crippen molar-refractivity contribution in [2.45, 2.75) is 0 Å². The van der Waals surface area contributed by atoms with E-state index in [4.69, 9.17) is 9.47 Å². The first-order valence-corrected chi connectivity index (χ1v) is 8.61. The van der Waals surface area contributed by atoms with Crippen molar-refractivity contribution in [2.24, 2.45) is 0 Å². The van der Waals surface area contributed by atoms with E-state index in [2.05, 4.69) is 43.3 Å². The van der Waals surface area contributed by atoms with Crippen LogP contribution in [0.3, 0.4) is 0 Å². The highest BCUT2D eigenvalue weighted by Gasteiger charge is 1.98. The summed E-state index contributed by atoms with van der Waals surface area (Å²) in [6, 6.07) is 16.1. The summed E-state index contributed by atoms with van der Waals surface area (Å²) >= 11 is 1.75. The number of ether oxygens (including phenoxy) is 2. The van der Waals surface area contributed by atoms with Crippen LogP contribution in [0.1, 0.15) is 11.1 Å². The number of para-hydroxylation sites is 1. The molecule has 0 bridgehead atoms. The molecule has 0 aliphatic heterocycles. The van der Waals surface area contributed by atoms with E-state index in [0.717, 1.165) is 28.5 Å². The molecule has 2 rings (SSSR count). The largest absolute Gasteiger partial charge is 0.496 e. The highest BCUT2D eigenvalue weighted by atomic mass is 32.2. The average Bonchev–Trinajstić information content (AvgIpc) is 2.58. The zero-order valence-electron chi connectivity index (χ0n) is 13.9. The predicted molar refractivity (Wildman–Crippen MR) is 100 cm³/mol. The van der Waals surface area contributed by atoms with Crippen LogP contribution in [0, 0.1) is 0 Å². The van der Waals surface area contributed by atoms with Crippen LogP contribution in [0.5, 0.6) is 11.5 Å². The van der Waals surface area contributed by atoms with Crippen molar-refractivity contribution in [3.63, 3.8) is 0 Å². The zero-order valence-corrected chi connectivity index (χ0v) is 14.7. The minimum atomic E-state index is 0.661. The molecule has 23 heavy (non-hydrogen) atoms. The SMILES string of the molecule is COc1ccccc1/C=C/c1ccc(OCSCN(C)C)cc1. The lowest BCUT2D eigenvalue weighted by Crippen LogP contribution is -2.11. The van der Waals surface area contributed by atoms with E-state index in [1.807, 2.05) is 36.4 Å². The minimum absolute atomic E-state index is 0.661. The monoisotopic (exact) mass is 329 g/mol. The topological polar surface area (TPSA) is 21.7 Å². The molecule has 0 atom stereocenters. The maximum Gasteiger partial charge on any atom is 0.135 e. The summed E-state index contributed by atoms with van der Waals surface area (Å²) in [5, 5.41) is 0. The Labute approximate surface area is 142 Å². The molecular weight excluding hydrogens is 306 g/mol. The van der Waals surface area contributed by atoms with Gasteiger partial charge in [0.15, 0.2) is 0 Å². The van der Waals surface area contributed by atoms with Crippen LogP contribution in [-0.2, 0) is 0 Å². The lowest BCUT2D eigenvalue weighted by atomic mass is 10.1. The molecule has 0 unspecified atom stereocenters. The van der Waals surface area contributed by atoms with Gasteiger partial charge in [-0.25, -0.2) is 0 Å². The minimum Gasteiger partial charge on any atom is -0.496 e. The Kier molecular flexibility index (Phi) is 7.04. The second kappa shape index (κ2) is 9.28. The van der Waals surface area contributed by atoms with Gasteiger partial charge in [-0.15, -0.1) is 11.8 Å². The van der Waals surface area contributed by atoms with Gasteiger partial charge in [0, 0.05) is 11.4 Å². The third-order valence-corrected chi connectivity index (χ3v) is 4.12. The summed E-state index contributed by atoms with van der Waals surface area (Å²) in [6.07, 6.45) is 4.13. The normalized spacial score (nSPS) is 11.1. The fourth-order valence-corrected chi connectivity index (χ4v) is 2.65. The van der Waals surface area contributed by atoms with Crippen LogP contribution in [0.25, 0.3) is 12.2 Å². The fraction of sp³-hybridized carbons (Fsp3) is 0.263. The van der Waals surface area contributed by atoms with Crippen molar-refractivity contribution in [1.29, 1.82) is 0 Å². The molecule has 3 nitrogen and oxygen atoms in total. The second-order valence-electron chi connectivity index (χ2n) is 5.32. The Morgan fingerprint density at radius 2 is 1.74 bits per heavy atom. The highest BCUT2D eigenvalue weighted by Crippen LogP contribution is 2.21. The lowest BCUT2D eigenvalue weighted by molar-refractivity contribution is 0.389. The van der Waals surface area contributed by atoms with Gasteiger partial charge in [0.1, 0.15) is 17.4 Å². The summed E-state index contributed by atoms with van der Waals surface area (Å²) in [7, 11) is 5.79. The summed E-state index contributed by atoms with van der Waals surface area (Å²) in [5.74, 6) is 3.39. The van der Waals surface area contributed by atoms with Gasteiger partial charge < -0.3 is 14.4 Å². The number of thioether (sulfide) groups is 1. The third-order valence-electron chi connectivity index (χ3n) is 3.13. The van der Waals surface area contributed by atoms with E-state index in [0.29, 0.717) is 5.94 Å². The van der Waals surface area contributed by atoms with Gasteiger partial charge in [-0.2, -0.15) is 0 Å². The van der Waals surface area contributed by atoms with E-state index in [-0.39, 0.29) is 0 Å². The van der Waals surface area contributed by atoms with E-state index >= 15 is 0 Å². The quantitative estimate of drug-likeness (QED) is 0.405. The molecule has 0 saturated carbocycles. The Morgan fingerprint density at radius 3 is 2.43 bits per heavy atom. The Morgan fingerprint density at radius 1 is 1.00 bits per heavy atom. The average molecular weight is 329 g/mol. The van der Waals surface area contributed by atoms with Crippen LogP contribution >= 0.6 is 11.8 Å². The van der Waals surface area contributed by atoms with Crippen LogP contribution < -0.4 is 9.47 Å². The maximum atomic E-state index is 5.70. The first-order chi connectivity index (χ1) is 11.2. The van der Waals surface area contributed by atoms with Gasteiger partial charge in [-0.3, -0.25) is 0 Å². The van der Waals surface area contributed by atoms with Crippen LogP contribution in [-0.4, -0.2) is 37.9 Å². The summed E-state index contributed by atoms with van der Waals surface area (Å²) in [5.41, 5.74) is 2.19. The molecule has 0 aliphatic rings. The Bertz CT molecular complexity index is 624. The standard InChI is InChI=1S/C19H23NO2S/c1-20(2)14-23-15-22-18-12-9-16(10-13-18)8-11-17-6-4-5-7-19(17)21-3/h4-13H,14-15H2,1-3H3/b11-8+. The molecule has 0 saturated heterocycles. The smallest absolute Gasteiger partial charge is 0.135 e. The van der Waals surface area contributed by atoms with Gasteiger partial charge in [0.05, 0.1) is 7.11 Å². The molecule has 0 aromatic heterocycles. The Hall–Kier alpha value is -1.91. The molecular formula is C19H23NO2S. The maximum absolute atomic E-state index is 5.70. The number of hydrogen-bond acceptors (Lipinski definition) is 4. The lowest BCUT2D eigenvalue weighted by Gasteiger charge is -2.10. The Balaban J connectivity index is 1.90. The second-order valence-corrected chi connectivity index (χ2v) is 6.22. The fourth-order valence-electron chi connectivity index (χ4n) is 1.99. The number of methoxy groups -OCH3 is 1. The molecule has 0 N–H and O–H groups in total. The van der Waals surface area contributed by atoms with Gasteiger partial charge in [0.25, 0.3) is 0 Å². The first kappa shape index (κ1) is 17.4. The van der Waals surface area contributed by atoms with Crippen molar-refractivity contribution >= 4 is 23.9 Å². The van der Waals surface area contributed by atoms with Crippen molar-refractivity contribution in [3.05, 3.63) is 59.7 Å². The van der Waals surface area contributed by atoms with E-state index < -0.39 is 0 Å². The third kappa shape index (κ3) is 6.00. The summed E-state index contributed by atoms with van der Waals surface area (Å²) < 4.78 is 11.1. The molecule has 4 heteroatoms. The molecule has 0 fully saturated rings. The van der Waals surface area contributed by atoms with Crippen molar-refractivity contribution in [2.75, 3.05) is 33.0 Å². The number of nitrogens with zero attached hydrogens (tertiary/aromatic N) is 1. The number of rotatable bonds is 8. The first-order valence-electron chi connectivity index (χ1n) is 7.45. The number of hydrogen-bond donors (Lipinski definition) is 0. The zero-order chi connectivity index (χ0) is 16.5. The van der Waals surface area contributed by atoms with Gasteiger partial charge in [-0.05, 0) is 37.9 Å². The van der Waals surface area contributed by atoms with Gasteiger partial charge in [0.2, 0.25) is 0 Å². The molecule has 0 spiro atoms. The molecule has 2 aromatic rings. The van der Waals surface area contributed by atoms with Gasteiger partial charge >= 0.3 is 0 Å². The molecule has 0 amide bonds. The summed E-state index contributed by atoms with van der Waals surface area (Å²) in [6.45, 7) is 0.